The number of aryl methyl sites for hydroxylation is 2. The second-order valence-electron chi connectivity index (χ2n) is 8.24. The van der Waals surface area contributed by atoms with Gasteiger partial charge in [0.2, 0.25) is 5.91 Å². The first kappa shape index (κ1) is 19.4. The van der Waals surface area contributed by atoms with E-state index in [4.69, 9.17) is 9.26 Å². The monoisotopic (exact) mass is 390 g/mol. The third kappa shape index (κ3) is 3.93. The minimum absolute atomic E-state index is 0.0652. The smallest absolute Gasteiger partial charge is 0.256 e. The first-order valence-corrected chi connectivity index (χ1v) is 10.4. The predicted molar refractivity (Wildman–Crippen MR) is 102 cm³/mol. The Bertz CT molecular complexity index is 702. The van der Waals surface area contributed by atoms with E-state index in [0.717, 1.165) is 32.0 Å². The van der Waals surface area contributed by atoms with E-state index in [-0.39, 0.29) is 30.6 Å². The molecule has 0 radical (unpaired) electrons. The lowest BCUT2D eigenvalue weighted by Crippen LogP contribution is -2.57. The number of piperidine rings is 1. The van der Waals surface area contributed by atoms with E-state index in [2.05, 4.69) is 15.4 Å². The number of morpholine rings is 1. The second kappa shape index (κ2) is 8.21. The van der Waals surface area contributed by atoms with Crippen LogP contribution in [-0.2, 0) is 9.53 Å². The fourth-order valence-electron chi connectivity index (χ4n) is 4.54. The van der Waals surface area contributed by atoms with E-state index in [1.807, 2.05) is 4.90 Å². The van der Waals surface area contributed by atoms with E-state index in [1.54, 1.807) is 13.8 Å². The molecule has 4 rings (SSSR count). The highest BCUT2D eigenvalue weighted by Crippen LogP contribution is 2.29. The first-order chi connectivity index (χ1) is 13.5. The van der Waals surface area contributed by atoms with Crippen LogP contribution in [0.1, 0.15) is 53.9 Å². The van der Waals surface area contributed by atoms with Crippen molar-refractivity contribution in [1.82, 2.24) is 20.3 Å². The van der Waals surface area contributed by atoms with Gasteiger partial charge in [-0.3, -0.25) is 9.59 Å². The third-order valence-electron chi connectivity index (χ3n) is 6.44. The van der Waals surface area contributed by atoms with Crippen molar-refractivity contribution in [3.63, 3.8) is 0 Å². The normalized spacial score (nSPS) is 25.0. The van der Waals surface area contributed by atoms with Crippen LogP contribution in [0.15, 0.2) is 4.52 Å². The summed E-state index contributed by atoms with van der Waals surface area (Å²) in [7, 11) is 0. The molecule has 8 heteroatoms. The third-order valence-corrected chi connectivity index (χ3v) is 6.44. The summed E-state index contributed by atoms with van der Waals surface area (Å²) in [6.07, 6.45) is 5.88. The zero-order chi connectivity index (χ0) is 19.7. The van der Waals surface area contributed by atoms with Gasteiger partial charge >= 0.3 is 0 Å². The molecule has 28 heavy (non-hydrogen) atoms. The standard InChI is InChI=1S/C20H30N4O4/c1-13-19(14(2)28-22-13)20(26)21-10-17-11-24(18(25)12-27-17)16-6-8-23(9-7-16)15-4-3-5-15/h15-17H,3-12H2,1-2H3,(H,21,26). The van der Waals surface area contributed by atoms with Gasteiger partial charge in [-0.15, -0.1) is 0 Å². The molecule has 1 unspecified atom stereocenters. The van der Waals surface area contributed by atoms with Gasteiger partial charge < -0.3 is 24.4 Å². The van der Waals surface area contributed by atoms with Gasteiger partial charge in [0.1, 0.15) is 17.9 Å². The minimum Gasteiger partial charge on any atom is -0.365 e. The molecule has 3 heterocycles. The van der Waals surface area contributed by atoms with Gasteiger partial charge in [-0.25, -0.2) is 0 Å². The Hall–Kier alpha value is -1.93. The Kier molecular flexibility index (Phi) is 5.68. The summed E-state index contributed by atoms with van der Waals surface area (Å²) < 4.78 is 10.7. The molecule has 2 saturated heterocycles. The largest absolute Gasteiger partial charge is 0.365 e. The molecule has 154 valence electrons. The lowest BCUT2D eigenvalue weighted by atomic mass is 9.89. The summed E-state index contributed by atoms with van der Waals surface area (Å²) >= 11 is 0. The van der Waals surface area contributed by atoms with Crippen molar-refractivity contribution in [3.05, 3.63) is 17.0 Å². The maximum Gasteiger partial charge on any atom is 0.256 e. The zero-order valence-corrected chi connectivity index (χ0v) is 16.8. The Morgan fingerprint density at radius 3 is 2.54 bits per heavy atom. The maximum absolute atomic E-state index is 12.4. The molecule has 1 aliphatic carbocycles. The molecule has 1 N–H and O–H groups in total. The molecule has 8 nitrogen and oxygen atoms in total. The zero-order valence-electron chi connectivity index (χ0n) is 16.8. The highest BCUT2D eigenvalue weighted by molar-refractivity contribution is 5.96. The Morgan fingerprint density at radius 1 is 1.18 bits per heavy atom. The van der Waals surface area contributed by atoms with Crippen molar-refractivity contribution in [1.29, 1.82) is 0 Å². The average molecular weight is 390 g/mol. The van der Waals surface area contributed by atoms with Crippen LogP contribution in [0, 0.1) is 13.8 Å². The molecule has 3 fully saturated rings. The molecular formula is C20H30N4O4. The Labute approximate surface area is 165 Å². The minimum atomic E-state index is -0.211. The molecule has 1 aromatic heterocycles. The lowest BCUT2D eigenvalue weighted by molar-refractivity contribution is -0.153. The van der Waals surface area contributed by atoms with Gasteiger partial charge in [0.25, 0.3) is 5.91 Å². The Balaban J connectivity index is 1.28. The maximum atomic E-state index is 12.4. The quantitative estimate of drug-likeness (QED) is 0.815. The number of ether oxygens (including phenoxy) is 1. The van der Waals surface area contributed by atoms with Gasteiger partial charge in [-0.2, -0.15) is 0 Å². The van der Waals surface area contributed by atoms with Crippen molar-refractivity contribution in [2.45, 2.75) is 64.1 Å². The lowest BCUT2D eigenvalue weighted by Gasteiger charge is -2.45. The number of rotatable bonds is 5. The van der Waals surface area contributed by atoms with Crippen molar-refractivity contribution in [3.8, 4) is 0 Å². The topological polar surface area (TPSA) is 87.9 Å². The fraction of sp³-hybridized carbons (Fsp3) is 0.750. The number of hydrogen-bond donors (Lipinski definition) is 1. The molecule has 2 aliphatic heterocycles. The van der Waals surface area contributed by atoms with Gasteiger partial charge in [-0.1, -0.05) is 11.6 Å². The van der Waals surface area contributed by atoms with Crippen LogP contribution in [0.5, 0.6) is 0 Å². The van der Waals surface area contributed by atoms with Crippen LogP contribution in [0.3, 0.4) is 0 Å². The predicted octanol–water partition coefficient (Wildman–Crippen LogP) is 1.27. The Morgan fingerprint density at radius 2 is 1.93 bits per heavy atom. The van der Waals surface area contributed by atoms with E-state index in [0.29, 0.717) is 30.1 Å². The number of carbonyl (C=O) groups excluding carboxylic acids is 2. The van der Waals surface area contributed by atoms with Crippen molar-refractivity contribution in [2.75, 3.05) is 32.8 Å². The molecule has 0 aromatic carbocycles. The van der Waals surface area contributed by atoms with Crippen LogP contribution in [0.25, 0.3) is 0 Å². The second-order valence-corrected chi connectivity index (χ2v) is 8.24. The highest BCUT2D eigenvalue weighted by atomic mass is 16.5. The van der Waals surface area contributed by atoms with Crippen LogP contribution in [0.4, 0.5) is 0 Å². The van der Waals surface area contributed by atoms with Crippen LogP contribution >= 0.6 is 0 Å². The fourth-order valence-corrected chi connectivity index (χ4v) is 4.54. The van der Waals surface area contributed by atoms with E-state index in [1.165, 1.54) is 19.3 Å². The van der Waals surface area contributed by atoms with Crippen molar-refractivity contribution < 1.29 is 18.8 Å². The molecular weight excluding hydrogens is 360 g/mol. The molecule has 0 bridgehead atoms. The number of amides is 2. The summed E-state index contributed by atoms with van der Waals surface area (Å²) in [5.41, 5.74) is 1.06. The highest BCUT2D eigenvalue weighted by Gasteiger charge is 2.36. The summed E-state index contributed by atoms with van der Waals surface area (Å²) in [6, 6.07) is 1.06. The first-order valence-electron chi connectivity index (χ1n) is 10.4. The number of hydrogen-bond acceptors (Lipinski definition) is 6. The van der Waals surface area contributed by atoms with Crippen molar-refractivity contribution in [2.24, 2.45) is 0 Å². The van der Waals surface area contributed by atoms with Crippen LogP contribution in [-0.4, -0.2) is 77.7 Å². The molecule has 0 spiro atoms. The number of aromatic nitrogens is 1. The molecule has 3 aliphatic rings. The summed E-state index contributed by atoms with van der Waals surface area (Å²) in [4.78, 5) is 29.4. The van der Waals surface area contributed by atoms with Gasteiger partial charge in [-0.05, 0) is 39.5 Å². The van der Waals surface area contributed by atoms with E-state index >= 15 is 0 Å². The van der Waals surface area contributed by atoms with E-state index in [9.17, 15) is 9.59 Å². The van der Waals surface area contributed by atoms with Gasteiger partial charge in [0.05, 0.1) is 11.8 Å². The molecule has 1 atom stereocenters. The molecule has 2 amide bonds. The summed E-state index contributed by atoms with van der Waals surface area (Å²) in [5.74, 6) is 0.363. The van der Waals surface area contributed by atoms with E-state index < -0.39 is 0 Å². The molecule has 1 aromatic rings. The number of carbonyl (C=O) groups is 2. The number of nitrogens with zero attached hydrogens (tertiary/aromatic N) is 3. The SMILES string of the molecule is Cc1noc(C)c1C(=O)NCC1CN(C2CCN(C3CCC3)CC2)C(=O)CO1. The van der Waals surface area contributed by atoms with Crippen molar-refractivity contribution >= 4 is 11.8 Å². The molecule has 1 saturated carbocycles. The van der Waals surface area contributed by atoms with Gasteiger partial charge in [0, 0.05) is 38.3 Å². The summed E-state index contributed by atoms with van der Waals surface area (Å²) in [6.45, 7) is 6.62. The van der Waals surface area contributed by atoms with Crippen LogP contribution in [0.2, 0.25) is 0 Å². The average Bonchev–Trinajstić information content (AvgIpc) is 2.98. The summed E-state index contributed by atoms with van der Waals surface area (Å²) in [5, 5.41) is 6.72. The number of likely N-dealkylation sites (tertiary alicyclic amines) is 1. The van der Waals surface area contributed by atoms with Gasteiger partial charge in [0.15, 0.2) is 0 Å². The number of nitrogens with one attached hydrogen (secondary N) is 1. The van der Waals surface area contributed by atoms with Crippen LogP contribution < -0.4 is 5.32 Å².